The van der Waals surface area contributed by atoms with Gasteiger partial charge in [0.2, 0.25) is 0 Å². The summed E-state index contributed by atoms with van der Waals surface area (Å²) >= 11 is 1.81. The Kier molecular flexibility index (Phi) is 3.02. The Bertz CT molecular complexity index is 436. The molecule has 2 aromatic rings. The third kappa shape index (κ3) is 2.57. The van der Waals surface area contributed by atoms with E-state index in [1.54, 1.807) is 12.4 Å². The van der Waals surface area contributed by atoms with Gasteiger partial charge in [0.1, 0.15) is 12.4 Å². The Labute approximate surface area is 93.6 Å². The van der Waals surface area contributed by atoms with Crippen molar-refractivity contribution in [3.63, 3.8) is 0 Å². The predicted molar refractivity (Wildman–Crippen MR) is 62.4 cm³/mol. The Balaban J connectivity index is 2.02. The van der Waals surface area contributed by atoms with Gasteiger partial charge in [-0.3, -0.25) is 4.98 Å². The van der Waals surface area contributed by atoms with Gasteiger partial charge in [0.15, 0.2) is 0 Å². The average Bonchev–Trinajstić information content (AvgIpc) is 2.56. The molecule has 0 spiro atoms. The molecule has 0 unspecified atom stereocenters. The molecule has 2 heterocycles. The van der Waals surface area contributed by atoms with Crippen LogP contribution in [0.5, 0.6) is 5.75 Å². The van der Waals surface area contributed by atoms with Gasteiger partial charge in [-0.1, -0.05) is 0 Å². The first-order valence-corrected chi connectivity index (χ1v) is 5.66. The molecule has 2 nitrogen and oxygen atoms in total. The fourth-order valence-electron chi connectivity index (χ4n) is 1.42. The minimum atomic E-state index is 0.639. The summed E-state index contributed by atoms with van der Waals surface area (Å²) < 4.78 is 5.65. The van der Waals surface area contributed by atoms with Crippen molar-refractivity contribution < 1.29 is 4.74 Å². The third-order valence-electron chi connectivity index (χ3n) is 2.19. The van der Waals surface area contributed by atoms with Crippen LogP contribution in [0, 0.1) is 13.8 Å². The van der Waals surface area contributed by atoms with Crippen LogP contribution in [0.1, 0.15) is 15.3 Å². The first-order chi connectivity index (χ1) is 7.25. The van der Waals surface area contributed by atoms with Gasteiger partial charge in [0.05, 0.1) is 0 Å². The summed E-state index contributed by atoms with van der Waals surface area (Å²) in [5, 5.41) is 0. The quantitative estimate of drug-likeness (QED) is 0.790. The van der Waals surface area contributed by atoms with Crippen molar-refractivity contribution >= 4 is 11.3 Å². The van der Waals surface area contributed by atoms with Crippen LogP contribution in [0.4, 0.5) is 0 Å². The minimum absolute atomic E-state index is 0.639. The maximum absolute atomic E-state index is 5.65. The second kappa shape index (κ2) is 4.45. The van der Waals surface area contributed by atoms with E-state index in [1.807, 2.05) is 23.5 Å². The van der Waals surface area contributed by atoms with Crippen LogP contribution in [0.2, 0.25) is 0 Å². The van der Waals surface area contributed by atoms with Gasteiger partial charge in [-0.2, -0.15) is 0 Å². The molecule has 0 aliphatic rings. The molecule has 0 radical (unpaired) electrons. The van der Waals surface area contributed by atoms with Gasteiger partial charge in [0.25, 0.3) is 0 Å². The van der Waals surface area contributed by atoms with Crippen LogP contribution in [0.15, 0.2) is 30.6 Å². The van der Waals surface area contributed by atoms with E-state index in [2.05, 4.69) is 24.9 Å². The largest absolute Gasteiger partial charge is 0.489 e. The number of hydrogen-bond donors (Lipinski definition) is 0. The lowest BCUT2D eigenvalue weighted by Gasteiger charge is -2.04. The highest BCUT2D eigenvalue weighted by Gasteiger charge is 2.03. The van der Waals surface area contributed by atoms with Gasteiger partial charge in [-0.15, -0.1) is 11.3 Å². The highest BCUT2D eigenvalue weighted by atomic mass is 32.1. The summed E-state index contributed by atoms with van der Waals surface area (Å²) in [7, 11) is 0. The summed E-state index contributed by atoms with van der Waals surface area (Å²) in [6.45, 7) is 4.89. The molecule has 0 saturated carbocycles. The van der Waals surface area contributed by atoms with Crippen LogP contribution < -0.4 is 4.74 Å². The number of nitrogens with zero attached hydrogens (tertiary/aromatic N) is 1. The topological polar surface area (TPSA) is 22.1 Å². The molecule has 0 bridgehead atoms. The first kappa shape index (κ1) is 10.2. The number of rotatable bonds is 3. The van der Waals surface area contributed by atoms with Gasteiger partial charge in [-0.25, -0.2) is 0 Å². The zero-order chi connectivity index (χ0) is 10.7. The Morgan fingerprint density at radius 1 is 1.27 bits per heavy atom. The summed E-state index contributed by atoms with van der Waals surface area (Å²) in [4.78, 5) is 6.61. The van der Waals surface area contributed by atoms with E-state index in [4.69, 9.17) is 4.74 Å². The molecule has 0 N–H and O–H groups in total. The Hall–Kier alpha value is -1.35. The molecule has 78 valence electrons. The summed E-state index contributed by atoms with van der Waals surface area (Å²) in [6, 6.07) is 5.92. The standard InChI is InChI=1S/C12H13NOS/c1-9-7-11(10(2)15-9)8-14-12-3-5-13-6-4-12/h3-7H,8H2,1-2H3. The number of aryl methyl sites for hydroxylation is 2. The van der Waals surface area contributed by atoms with E-state index in [9.17, 15) is 0 Å². The fraction of sp³-hybridized carbons (Fsp3) is 0.250. The van der Waals surface area contributed by atoms with E-state index in [1.165, 1.54) is 15.3 Å². The van der Waals surface area contributed by atoms with Crippen LogP contribution >= 0.6 is 11.3 Å². The van der Waals surface area contributed by atoms with E-state index >= 15 is 0 Å². The van der Waals surface area contributed by atoms with E-state index in [-0.39, 0.29) is 0 Å². The van der Waals surface area contributed by atoms with Crippen molar-refractivity contribution in [3.8, 4) is 5.75 Å². The van der Waals surface area contributed by atoms with Crippen molar-refractivity contribution in [2.45, 2.75) is 20.5 Å². The van der Waals surface area contributed by atoms with Crippen molar-refractivity contribution in [1.82, 2.24) is 4.98 Å². The molecule has 0 aliphatic heterocycles. The first-order valence-electron chi connectivity index (χ1n) is 4.84. The van der Waals surface area contributed by atoms with E-state index in [0.29, 0.717) is 6.61 Å². The van der Waals surface area contributed by atoms with Gasteiger partial charge in [-0.05, 0) is 32.0 Å². The fourth-order valence-corrected chi connectivity index (χ4v) is 2.36. The number of pyridine rings is 1. The second-order valence-electron chi connectivity index (χ2n) is 3.41. The molecular formula is C12H13NOS. The number of hydrogen-bond acceptors (Lipinski definition) is 3. The predicted octanol–water partition coefficient (Wildman–Crippen LogP) is 3.34. The second-order valence-corrected chi connectivity index (χ2v) is 4.87. The molecule has 0 saturated heterocycles. The molecule has 3 heteroatoms. The lowest BCUT2D eigenvalue weighted by Crippen LogP contribution is -1.95. The average molecular weight is 219 g/mol. The van der Waals surface area contributed by atoms with E-state index in [0.717, 1.165) is 5.75 Å². The molecule has 15 heavy (non-hydrogen) atoms. The monoisotopic (exact) mass is 219 g/mol. The van der Waals surface area contributed by atoms with Crippen LogP contribution in [0.25, 0.3) is 0 Å². The van der Waals surface area contributed by atoms with Crippen molar-refractivity contribution in [2.75, 3.05) is 0 Å². The maximum atomic E-state index is 5.65. The molecule has 0 atom stereocenters. The molecule has 2 aromatic heterocycles. The minimum Gasteiger partial charge on any atom is -0.489 e. The number of aromatic nitrogens is 1. The molecular weight excluding hydrogens is 206 g/mol. The number of ether oxygens (including phenoxy) is 1. The SMILES string of the molecule is Cc1cc(COc2ccncc2)c(C)s1. The van der Waals surface area contributed by atoms with Crippen molar-refractivity contribution in [2.24, 2.45) is 0 Å². The van der Waals surface area contributed by atoms with Gasteiger partial charge < -0.3 is 4.74 Å². The smallest absolute Gasteiger partial charge is 0.122 e. The summed E-state index contributed by atoms with van der Waals surface area (Å²) in [6.07, 6.45) is 3.47. The van der Waals surface area contributed by atoms with Crippen LogP contribution in [-0.4, -0.2) is 4.98 Å². The lowest BCUT2D eigenvalue weighted by atomic mass is 10.2. The van der Waals surface area contributed by atoms with Crippen molar-refractivity contribution in [1.29, 1.82) is 0 Å². The molecule has 0 aliphatic carbocycles. The van der Waals surface area contributed by atoms with Gasteiger partial charge >= 0.3 is 0 Å². The molecule has 2 rings (SSSR count). The molecule has 0 aromatic carbocycles. The normalized spacial score (nSPS) is 10.3. The third-order valence-corrected chi connectivity index (χ3v) is 3.20. The molecule has 0 fully saturated rings. The van der Waals surface area contributed by atoms with Crippen LogP contribution in [0.3, 0.4) is 0 Å². The summed E-state index contributed by atoms with van der Waals surface area (Å²) in [5.74, 6) is 0.869. The zero-order valence-electron chi connectivity index (χ0n) is 8.86. The van der Waals surface area contributed by atoms with Gasteiger partial charge in [0, 0.05) is 27.7 Å². The Morgan fingerprint density at radius 2 is 2.00 bits per heavy atom. The molecule has 0 amide bonds. The lowest BCUT2D eigenvalue weighted by molar-refractivity contribution is 0.305. The Morgan fingerprint density at radius 3 is 2.60 bits per heavy atom. The zero-order valence-corrected chi connectivity index (χ0v) is 9.67. The highest BCUT2D eigenvalue weighted by molar-refractivity contribution is 7.12. The maximum Gasteiger partial charge on any atom is 0.122 e. The number of thiophene rings is 1. The van der Waals surface area contributed by atoms with E-state index < -0.39 is 0 Å². The summed E-state index contributed by atoms with van der Waals surface area (Å²) in [5.41, 5.74) is 1.27. The van der Waals surface area contributed by atoms with Crippen LogP contribution in [-0.2, 0) is 6.61 Å². The van der Waals surface area contributed by atoms with Crippen molar-refractivity contribution in [3.05, 3.63) is 45.9 Å². The highest BCUT2D eigenvalue weighted by Crippen LogP contribution is 2.22.